The molecule has 0 radical (unpaired) electrons. The van der Waals surface area contributed by atoms with E-state index in [9.17, 15) is 4.79 Å². The smallest absolute Gasteiger partial charge is 0.320 e. The summed E-state index contributed by atoms with van der Waals surface area (Å²) in [6.45, 7) is 6.71. The number of amides is 2. The summed E-state index contributed by atoms with van der Waals surface area (Å²) in [4.78, 5) is 15.7. The number of nitrogens with zero attached hydrogens (tertiary/aromatic N) is 2. The molecule has 2 amide bonds. The van der Waals surface area contributed by atoms with Crippen LogP contribution >= 0.6 is 0 Å². The van der Waals surface area contributed by atoms with E-state index in [1.165, 1.54) is 0 Å². The minimum absolute atomic E-state index is 0.102. The Morgan fingerprint density at radius 3 is 2.60 bits per heavy atom. The molecule has 0 saturated carbocycles. The molecule has 1 rings (SSSR count). The molecular formula is C10H21N3O2. The van der Waals surface area contributed by atoms with Gasteiger partial charge in [-0.15, -0.1) is 0 Å². The van der Waals surface area contributed by atoms with Crippen LogP contribution < -0.4 is 5.73 Å². The highest BCUT2D eigenvalue weighted by molar-refractivity contribution is 5.74. The number of carbonyl (C=O) groups is 1. The van der Waals surface area contributed by atoms with E-state index in [1.54, 1.807) is 0 Å². The maximum atomic E-state index is 12.0. The summed E-state index contributed by atoms with van der Waals surface area (Å²) in [5.74, 6) is 0. The van der Waals surface area contributed by atoms with Gasteiger partial charge in [0.2, 0.25) is 0 Å². The zero-order valence-corrected chi connectivity index (χ0v) is 9.45. The van der Waals surface area contributed by atoms with Gasteiger partial charge in [0.15, 0.2) is 0 Å². The van der Waals surface area contributed by atoms with Gasteiger partial charge in [0.25, 0.3) is 0 Å². The Morgan fingerprint density at radius 2 is 2.07 bits per heavy atom. The molecule has 1 aliphatic rings. The Morgan fingerprint density at radius 1 is 1.40 bits per heavy atom. The SMILES string of the molecule is CCCN(CCN)C(=O)N1CCOCC1. The third-order valence-corrected chi connectivity index (χ3v) is 2.44. The van der Waals surface area contributed by atoms with E-state index in [2.05, 4.69) is 6.92 Å². The van der Waals surface area contributed by atoms with Crippen molar-refractivity contribution in [3.05, 3.63) is 0 Å². The normalized spacial score (nSPS) is 16.5. The van der Waals surface area contributed by atoms with Crippen LogP contribution in [0.1, 0.15) is 13.3 Å². The fourth-order valence-electron chi connectivity index (χ4n) is 1.68. The van der Waals surface area contributed by atoms with Gasteiger partial charge in [0.05, 0.1) is 13.2 Å². The zero-order valence-electron chi connectivity index (χ0n) is 9.45. The van der Waals surface area contributed by atoms with Crippen LogP contribution in [0.3, 0.4) is 0 Å². The predicted octanol–water partition coefficient (Wildman–Crippen LogP) is 0.109. The Kier molecular flexibility index (Phi) is 5.42. The summed E-state index contributed by atoms with van der Waals surface area (Å²) in [6.07, 6.45) is 0.968. The number of hydrogen-bond acceptors (Lipinski definition) is 3. The lowest BCUT2D eigenvalue weighted by Gasteiger charge is -2.32. The topological polar surface area (TPSA) is 58.8 Å². The third kappa shape index (κ3) is 3.68. The summed E-state index contributed by atoms with van der Waals surface area (Å²) in [7, 11) is 0. The van der Waals surface area contributed by atoms with Crippen molar-refractivity contribution in [3.63, 3.8) is 0 Å². The molecule has 0 aliphatic carbocycles. The van der Waals surface area contributed by atoms with Gasteiger partial charge in [-0.1, -0.05) is 6.92 Å². The summed E-state index contributed by atoms with van der Waals surface area (Å²) in [5.41, 5.74) is 5.49. The number of nitrogens with two attached hydrogens (primary N) is 1. The second-order valence-corrected chi connectivity index (χ2v) is 3.66. The molecule has 15 heavy (non-hydrogen) atoms. The van der Waals surface area contributed by atoms with Crippen molar-refractivity contribution in [2.24, 2.45) is 5.73 Å². The Hall–Kier alpha value is -0.810. The van der Waals surface area contributed by atoms with Crippen molar-refractivity contribution in [3.8, 4) is 0 Å². The molecule has 1 aliphatic heterocycles. The molecule has 88 valence electrons. The lowest BCUT2D eigenvalue weighted by atomic mass is 10.4. The van der Waals surface area contributed by atoms with Gasteiger partial charge in [-0.2, -0.15) is 0 Å². The van der Waals surface area contributed by atoms with Crippen LogP contribution in [0.2, 0.25) is 0 Å². The van der Waals surface area contributed by atoms with E-state index in [-0.39, 0.29) is 6.03 Å². The highest BCUT2D eigenvalue weighted by Gasteiger charge is 2.21. The van der Waals surface area contributed by atoms with Gasteiger partial charge in [-0.25, -0.2) is 4.79 Å². The molecule has 0 aromatic rings. The quantitative estimate of drug-likeness (QED) is 0.724. The zero-order chi connectivity index (χ0) is 11.1. The van der Waals surface area contributed by atoms with Crippen LogP contribution in [0, 0.1) is 0 Å². The number of hydrogen-bond donors (Lipinski definition) is 1. The molecule has 1 saturated heterocycles. The van der Waals surface area contributed by atoms with Gasteiger partial charge < -0.3 is 20.3 Å². The van der Waals surface area contributed by atoms with E-state index in [0.717, 1.165) is 13.0 Å². The maximum Gasteiger partial charge on any atom is 0.320 e. The van der Waals surface area contributed by atoms with E-state index in [4.69, 9.17) is 10.5 Å². The monoisotopic (exact) mass is 215 g/mol. The molecule has 1 fully saturated rings. The summed E-state index contributed by atoms with van der Waals surface area (Å²) < 4.78 is 5.21. The first kappa shape index (κ1) is 12.3. The number of carbonyl (C=O) groups excluding carboxylic acids is 1. The average molecular weight is 215 g/mol. The highest BCUT2D eigenvalue weighted by atomic mass is 16.5. The molecule has 0 aromatic heterocycles. The van der Waals surface area contributed by atoms with Gasteiger partial charge in [0, 0.05) is 32.7 Å². The van der Waals surface area contributed by atoms with E-state index in [0.29, 0.717) is 39.4 Å². The third-order valence-electron chi connectivity index (χ3n) is 2.44. The molecule has 0 bridgehead atoms. The number of morpholine rings is 1. The van der Waals surface area contributed by atoms with E-state index < -0.39 is 0 Å². The van der Waals surface area contributed by atoms with Gasteiger partial charge in [0.1, 0.15) is 0 Å². The maximum absolute atomic E-state index is 12.0. The van der Waals surface area contributed by atoms with Crippen molar-refractivity contribution >= 4 is 6.03 Å². The van der Waals surface area contributed by atoms with Gasteiger partial charge in [-0.3, -0.25) is 0 Å². The molecule has 2 N–H and O–H groups in total. The van der Waals surface area contributed by atoms with Crippen LogP contribution in [0.4, 0.5) is 4.79 Å². The Labute approximate surface area is 91.2 Å². The molecule has 1 heterocycles. The first-order chi connectivity index (χ1) is 7.29. The minimum atomic E-state index is 0.102. The second kappa shape index (κ2) is 6.63. The average Bonchev–Trinajstić information content (AvgIpc) is 2.29. The fraction of sp³-hybridized carbons (Fsp3) is 0.900. The molecular weight excluding hydrogens is 194 g/mol. The van der Waals surface area contributed by atoms with Crippen molar-refractivity contribution < 1.29 is 9.53 Å². The largest absolute Gasteiger partial charge is 0.378 e. The van der Waals surface area contributed by atoms with Crippen molar-refractivity contribution in [2.75, 3.05) is 45.9 Å². The van der Waals surface area contributed by atoms with Crippen molar-refractivity contribution in [1.82, 2.24) is 9.80 Å². The highest BCUT2D eigenvalue weighted by Crippen LogP contribution is 2.03. The fourth-order valence-corrected chi connectivity index (χ4v) is 1.68. The van der Waals surface area contributed by atoms with Gasteiger partial charge in [-0.05, 0) is 6.42 Å². The first-order valence-electron chi connectivity index (χ1n) is 5.61. The van der Waals surface area contributed by atoms with Gasteiger partial charge >= 0.3 is 6.03 Å². The molecule has 0 unspecified atom stereocenters. The standard InChI is InChI=1S/C10H21N3O2/c1-2-4-12(5-3-11)10(14)13-6-8-15-9-7-13/h2-9,11H2,1H3. The Bertz CT molecular complexity index is 187. The second-order valence-electron chi connectivity index (χ2n) is 3.66. The summed E-state index contributed by atoms with van der Waals surface area (Å²) in [5, 5.41) is 0. The van der Waals surface area contributed by atoms with E-state index >= 15 is 0 Å². The van der Waals surface area contributed by atoms with Crippen LogP contribution in [-0.2, 0) is 4.74 Å². The molecule has 0 atom stereocenters. The molecule has 5 heteroatoms. The molecule has 5 nitrogen and oxygen atoms in total. The van der Waals surface area contributed by atoms with Crippen molar-refractivity contribution in [1.29, 1.82) is 0 Å². The van der Waals surface area contributed by atoms with Crippen LogP contribution in [0.25, 0.3) is 0 Å². The lowest BCUT2D eigenvalue weighted by molar-refractivity contribution is 0.0435. The lowest BCUT2D eigenvalue weighted by Crippen LogP contribution is -2.49. The summed E-state index contributed by atoms with van der Waals surface area (Å²) >= 11 is 0. The predicted molar refractivity (Wildman–Crippen MR) is 58.7 cm³/mol. The summed E-state index contributed by atoms with van der Waals surface area (Å²) in [6, 6.07) is 0.102. The Balaban J connectivity index is 2.45. The first-order valence-corrected chi connectivity index (χ1v) is 5.61. The minimum Gasteiger partial charge on any atom is -0.378 e. The number of ether oxygens (including phenoxy) is 1. The number of urea groups is 1. The molecule has 0 spiro atoms. The number of rotatable bonds is 4. The van der Waals surface area contributed by atoms with E-state index in [1.807, 2.05) is 9.80 Å². The molecule has 0 aromatic carbocycles. The van der Waals surface area contributed by atoms with Crippen molar-refractivity contribution in [2.45, 2.75) is 13.3 Å². The van der Waals surface area contributed by atoms with Crippen LogP contribution in [-0.4, -0.2) is 61.8 Å². The van der Waals surface area contributed by atoms with Crippen LogP contribution in [0.5, 0.6) is 0 Å². The van der Waals surface area contributed by atoms with Crippen LogP contribution in [0.15, 0.2) is 0 Å².